The molecule has 2 heteroatoms. The van der Waals surface area contributed by atoms with Gasteiger partial charge in [-0.1, -0.05) is 133 Å². The molecule has 1 aliphatic carbocycles. The highest BCUT2D eigenvalue weighted by Crippen LogP contribution is 2.62. The Hall–Kier alpha value is -4.53. The van der Waals surface area contributed by atoms with Crippen molar-refractivity contribution in [2.45, 2.75) is 15.2 Å². The zero-order valence-corrected chi connectivity index (χ0v) is 22.1. The van der Waals surface area contributed by atoms with Crippen LogP contribution in [0.1, 0.15) is 22.3 Å². The van der Waals surface area contributed by atoms with Crippen LogP contribution >= 0.6 is 11.8 Å². The van der Waals surface area contributed by atoms with E-state index >= 15 is 0 Å². The zero-order chi connectivity index (χ0) is 25.8. The third kappa shape index (κ3) is 3.16. The molecule has 0 spiro atoms. The summed E-state index contributed by atoms with van der Waals surface area (Å²) in [5.41, 5.74) is 11.2. The van der Waals surface area contributed by atoms with Crippen LogP contribution in [0, 0.1) is 0 Å². The monoisotopic (exact) mass is 515 g/mol. The lowest BCUT2D eigenvalue weighted by Gasteiger charge is -2.36. The molecule has 184 valence electrons. The number of fused-ring (bicyclic) bond motifs is 6. The van der Waals surface area contributed by atoms with Gasteiger partial charge in [-0.05, 0) is 58.1 Å². The predicted octanol–water partition coefficient (Wildman–Crippen LogP) is 9.98. The fourth-order valence-corrected chi connectivity index (χ4v) is 7.81. The van der Waals surface area contributed by atoms with Crippen molar-refractivity contribution in [1.82, 2.24) is 0 Å². The zero-order valence-electron chi connectivity index (χ0n) is 21.3. The molecule has 0 fully saturated rings. The summed E-state index contributed by atoms with van der Waals surface area (Å²) < 4.78 is 0. The van der Waals surface area contributed by atoms with E-state index in [-0.39, 0.29) is 0 Å². The van der Waals surface area contributed by atoms with E-state index in [1.807, 2.05) is 11.8 Å². The number of anilines is 3. The molecule has 0 radical (unpaired) electrons. The van der Waals surface area contributed by atoms with Gasteiger partial charge in [0.15, 0.2) is 0 Å². The van der Waals surface area contributed by atoms with Crippen molar-refractivity contribution < 1.29 is 0 Å². The summed E-state index contributed by atoms with van der Waals surface area (Å²) in [6, 6.07) is 55.3. The summed E-state index contributed by atoms with van der Waals surface area (Å²) in [5, 5.41) is 0. The Bertz CT molecular complexity index is 1790. The molecule has 0 atom stereocenters. The van der Waals surface area contributed by atoms with Crippen LogP contribution < -0.4 is 4.90 Å². The lowest BCUT2D eigenvalue weighted by atomic mass is 9.68. The summed E-state index contributed by atoms with van der Waals surface area (Å²) in [4.78, 5) is 5.02. The highest BCUT2D eigenvalue weighted by Gasteiger charge is 2.47. The second-order valence-corrected chi connectivity index (χ2v) is 11.2. The third-order valence-corrected chi connectivity index (χ3v) is 9.31. The van der Waals surface area contributed by atoms with E-state index in [1.165, 1.54) is 60.2 Å². The summed E-state index contributed by atoms with van der Waals surface area (Å²) in [7, 11) is 0. The highest BCUT2D eigenvalue weighted by molar-refractivity contribution is 8.00. The van der Waals surface area contributed by atoms with Crippen molar-refractivity contribution in [3.8, 4) is 11.1 Å². The van der Waals surface area contributed by atoms with Gasteiger partial charge >= 0.3 is 0 Å². The van der Waals surface area contributed by atoms with Crippen molar-refractivity contribution in [2.75, 3.05) is 4.90 Å². The van der Waals surface area contributed by atoms with Crippen LogP contribution in [-0.2, 0) is 5.41 Å². The quantitative estimate of drug-likeness (QED) is 0.230. The second-order valence-electron chi connectivity index (χ2n) is 10.1. The smallest absolute Gasteiger partial charge is 0.0714 e. The molecule has 1 aliphatic heterocycles. The standard InChI is InChI=1S/C37H25NS/c1-4-14-26(15-5-1)37(27-16-6-2-7-17-27)30-21-11-10-20-29(30)35-31(37)24-25-33-36(35)39-34-23-13-12-22-32(34)38(33)28-18-8-3-9-19-28/h1-25H. The molecule has 1 nitrogen and oxygen atoms in total. The molecule has 0 N–H and O–H groups in total. The molecule has 6 aromatic carbocycles. The van der Waals surface area contributed by atoms with E-state index in [1.54, 1.807) is 0 Å². The summed E-state index contributed by atoms with van der Waals surface area (Å²) in [6.45, 7) is 0. The minimum Gasteiger partial charge on any atom is -0.308 e. The Balaban J connectivity index is 1.49. The summed E-state index contributed by atoms with van der Waals surface area (Å²) >= 11 is 1.90. The van der Waals surface area contributed by atoms with Crippen molar-refractivity contribution in [3.05, 3.63) is 174 Å². The molecule has 8 rings (SSSR count). The van der Waals surface area contributed by atoms with E-state index in [0.29, 0.717) is 0 Å². The number of benzene rings is 6. The fraction of sp³-hybridized carbons (Fsp3) is 0.0270. The van der Waals surface area contributed by atoms with E-state index in [0.717, 1.165) is 0 Å². The number of hydrogen-bond donors (Lipinski definition) is 0. The van der Waals surface area contributed by atoms with Crippen LogP contribution in [0.5, 0.6) is 0 Å². The van der Waals surface area contributed by atoms with Crippen molar-refractivity contribution in [3.63, 3.8) is 0 Å². The number of nitrogens with zero attached hydrogens (tertiary/aromatic N) is 1. The fourth-order valence-electron chi connectivity index (χ4n) is 6.59. The molecule has 1 heterocycles. The van der Waals surface area contributed by atoms with Gasteiger partial charge in [-0.15, -0.1) is 0 Å². The Morgan fingerprint density at radius 3 is 1.77 bits per heavy atom. The largest absolute Gasteiger partial charge is 0.308 e. The SMILES string of the molecule is c1ccc(N2c3ccccc3Sc3c2ccc2c3-c3ccccc3C2(c2ccccc2)c2ccccc2)cc1. The van der Waals surface area contributed by atoms with Gasteiger partial charge in [0, 0.05) is 21.0 Å². The van der Waals surface area contributed by atoms with Gasteiger partial charge in [0.25, 0.3) is 0 Å². The van der Waals surface area contributed by atoms with Gasteiger partial charge in [0.1, 0.15) is 0 Å². The first-order chi connectivity index (χ1) is 19.4. The summed E-state index contributed by atoms with van der Waals surface area (Å²) in [6.07, 6.45) is 0. The second kappa shape index (κ2) is 8.76. The first kappa shape index (κ1) is 22.5. The topological polar surface area (TPSA) is 3.24 Å². The first-order valence-electron chi connectivity index (χ1n) is 13.4. The minimum absolute atomic E-state index is 0.390. The minimum atomic E-state index is -0.390. The molecular weight excluding hydrogens is 490 g/mol. The van der Waals surface area contributed by atoms with Gasteiger partial charge < -0.3 is 4.90 Å². The van der Waals surface area contributed by atoms with E-state index in [4.69, 9.17) is 0 Å². The van der Waals surface area contributed by atoms with Gasteiger partial charge in [0.05, 0.1) is 16.8 Å². The maximum atomic E-state index is 2.43. The summed E-state index contributed by atoms with van der Waals surface area (Å²) in [5.74, 6) is 0. The maximum Gasteiger partial charge on any atom is 0.0714 e. The Morgan fingerprint density at radius 2 is 1.05 bits per heavy atom. The molecule has 0 unspecified atom stereocenters. The van der Waals surface area contributed by atoms with E-state index in [2.05, 4.69) is 157 Å². The van der Waals surface area contributed by atoms with Crippen LogP contribution in [0.15, 0.2) is 161 Å². The van der Waals surface area contributed by atoms with Crippen LogP contribution in [0.2, 0.25) is 0 Å². The highest BCUT2D eigenvalue weighted by atomic mass is 32.2. The lowest BCUT2D eigenvalue weighted by molar-refractivity contribution is 0.767. The van der Waals surface area contributed by atoms with Crippen LogP contribution in [0.4, 0.5) is 17.1 Å². The number of para-hydroxylation sites is 2. The average Bonchev–Trinajstić information content (AvgIpc) is 3.33. The van der Waals surface area contributed by atoms with Gasteiger partial charge in [-0.2, -0.15) is 0 Å². The van der Waals surface area contributed by atoms with Crippen LogP contribution in [-0.4, -0.2) is 0 Å². The van der Waals surface area contributed by atoms with Gasteiger partial charge in [-0.25, -0.2) is 0 Å². The molecule has 0 saturated carbocycles. The molecule has 2 aliphatic rings. The van der Waals surface area contributed by atoms with Crippen LogP contribution in [0.25, 0.3) is 11.1 Å². The van der Waals surface area contributed by atoms with Gasteiger partial charge in [-0.3, -0.25) is 0 Å². The first-order valence-corrected chi connectivity index (χ1v) is 14.2. The number of hydrogen-bond acceptors (Lipinski definition) is 2. The van der Waals surface area contributed by atoms with E-state index in [9.17, 15) is 0 Å². The van der Waals surface area contributed by atoms with Crippen molar-refractivity contribution in [2.24, 2.45) is 0 Å². The van der Waals surface area contributed by atoms with Crippen molar-refractivity contribution >= 4 is 28.8 Å². The molecular formula is C37H25NS. The number of rotatable bonds is 3. The Kier molecular flexibility index (Phi) is 5.04. The lowest BCUT2D eigenvalue weighted by Crippen LogP contribution is -2.28. The third-order valence-electron chi connectivity index (χ3n) is 8.13. The predicted molar refractivity (Wildman–Crippen MR) is 163 cm³/mol. The molecule has 0 aromatic heterocycles. The average molecular weight is 516 g/mol. The maximum absolute atomic E-state index is 2.43. The molecule has 0 bridgehead atoms. The Labute approximate surface area is 233 Å². The Morgan fingerprint density at radius 1 is 0.462 bits per heavy atom. The van der Waals surface area contributed by atoms with Crippen LogP contribution in [0.3, 0.4) is 0 Å². The molecule has 39 heavy (non-hydrogen) atoms. The molecule has 6 aromatic rings. The van der Waals surface area contributed by atoms with Gasteiger partial charge in [0.2, 0.25) is 0 Å². The molecule has 0 amide bonds. The van der Waals surface area contributed by atoms with E-state index < -0.39 is 5.41 Å². The molecule has 0 saturated heterocycles. The van der Waals surface area contributed by atoms with Crippen molar-refractivity contribution in [1.29, 1.82) is 0 Å². The normalized spacial score (nSPS) is 14.2.